The normalized spacial score (nSPS) is 19.5. The monoisotopic (exact) mass is 144 g/mol. The van der Waals surface area contributed by atoms with Crippen LogP contribution >= 0.6 is 23.5 Å². The lowest BCUT2D eigenvalue weighted by Crippen LogP contribution is -1.85. The topological polar surface area (TPSA) is 0 Å². The highest BCUT2D eigenvalue weighted by Gasteiger charge is 2.07. The van der Waals surface area contributed by atoms with E-state index in [1.165, 1.54) is 0 Å². The van der Waals surface area contributed by atoms with Crippen LogP contribution in [0.4, 0.5) is 0 Å². The zero-order valence-corrected chi connectivity index (χ0v) is 6.17. The van der Waals surface area contributed by atoms with Crippen molar-refractivity contribution in [3.8, 4) is 0 Å². The molecule has 0 nitrogen and oxygen atoms in total. The molecule has 0 aromatic carbocycles. The molecule has 0 saturated carbocycles. The van der Waals surface area contributed by atoms with Gasteiger partial charge in [-0.05, 0) is 17.2 Å². The van der Waals surface area contributed by atoms with Gasteiger partial charge in [-0.25, -0.2) is 0 Å². The maximum atomic E-state index is 3.67. The van der Waals surface area contributed by atoms with Crippen LogP contribution in [0.5, 0.6) is 0 Å². The fourth-order valence-electron chi connectivity index (χ4n) is 0.519. The van der Waals surface area contributed by atoms with Crippen molar-refractivity contribution in [1.82, 2.24) is 0 Å². The molecule has 0 N–H and O–H groups in total. The summed E-state index contributed by atoms with van der Waals surface area (Å²) in [5.41, 5.74) is 0. The van der Waals surface area contributed by atoms with Crippen molar-refractivity contribution in [1.29, 1.82) is 0 Å². The van der Waals surface area contributed by atoms with E-state index >= 15 is 0 Å². The number of thioether (sulfide) groups is 2. The predicted octanol–water partition coefficient (Wildman–Crippen LogP) is 2.84. The van der Waals surface area contributed by atoms with Crippen LogP contribution in [0.25, 0.3) is 0 Å². The van der Waals surface area contributed by atoms with Crippen molar-refractivity contribution in [2.24, 2.45) is 0 Å². The van der Waals surface area contributed by atoms with Crippen molar-refractivity contribution in [3.05, 3.63) is 23.5 Å². The lowest BCUT2D eigenvalue weighted by Gasteiger charge is -1.99. The molecule has 0 bridgehead atoms. The molecule has 1 aliphatic heterocycles. The van der Waals surface area contributed by atoms with Crippen molar-refractivity contribution < 1.29 is 0 Å². The minimum atomic E-state index is 0.715. The van der Waals surface area contributed by atoms with Gasteiger partial charge in [-0.1, -0.05) is 6.08 Å². The van der Waals surface area contributed by atoms with E-state index in [2.05, 4.69) is 17.4 Å². The highest BCUT2D eigenvalue weighted by molar-refractivity contribution is 8.22. The van der Waals surface area contributed by atoms with Crippen LogP contribution in [-0.2, 0) is 0 Å². The smallest absolute Gasteiger partial charge is 0.0619 e. The Morgan fingerprint density at radius 1 is 1.50 bits per heavy atom. The average Bonchev–Trinajstić information content (AvgIpc) is 2.19. The summed E-state index contributed by atoms with van der Waals surface area (Å²) < 4.78 is 0.715. The summed E-state index contributed by atoms with van der Waals surface area (Å²) in [6, 6.07) is 0. The summed E-state index contributed by atoms with van der Waals surface area (Å²) in [4.78, 5) is 0. The fraction of sp³-hybridized carbons (Fsp3) is 0.333. The van der Waals surface area contributed by atoms with Gasteiger partial charge in [-0.15, -0.1) is 30.1 Å². The number of hydrogen-bond acceptors (Lipinski definition) is 2. The van der Waals surface area contributed by atoms with Crippen molar-refractivity contribution in [2.45, 2.75) is 11.0 Å². The van der Waals surface area contributed by atoms with Crippen molar-refractivity contribution >= 4 is 23.5 Å². The summed E-state index contributed by atoms with van der Waals surface area (Å²) in [5, 5.41) is 4.28. The Morgan fingerprint density at radius 2 is 2.12 bits per heavy atom. The standard InChI is InChI=1S/C6H8S2/c1-2-3-6-7-4-5-8-6/h2,4-6H,1,3H2. The Labute approximate surface area is 58.4 Å². The molecular weight excluding hydrogens is 136 g/mol. The first-order valence-corrected chi connectivity index (χ1v) is 4.39. The Morgan fingerprint density at radius 3 is 2.62 bits per heavy atom. The van der Waals surface area contributed by atoms with Gasteiger partial charge in [0.15, 0.2) is 0 Å². The van der Waals surface area contributed by atoms with E-state index in [1.807, 2.05) is 29.6 Å². The van der Waals surface area contributed by atoms with E-state index in [4.69, 9.17) is 0 Å². The van der Waals surface area contributed by atoms with Crippen LogP contribution < -0.4 is 0 Å². The van der Waals surface area contributed by atoms with Crippen LogP contribution in [0.2, 0.25) is 0 Å². The van der Waals surface area contributed by atoms with Crippen LogP contribution in [-0.4, -0.2) is 4.58 Å². The van der Waals surface area contributed by atoms with Gasteiger partial charge in [0.25, 0.3) is 0 Å². The zero-order chi connectivity index (χ0) is 5.82. The molecule has 0 atom stereocenters. The van der Waals surface area contributed by atoms with E-state index in [0.29, 0.717) is 4.58 Å². The Kier molecular flexibility index (Phi) is 2.56. The second-order valence-electron chi connectivity index (χ2n) is 1.50. The number of hydrogen-bond donors (Lipinski definition) is 0. The van der Waals surface area contributed by atoms with E-state index in [-0.39, 0.29) is 0 Å². The quantitative estimate of drug-likeness (QED) is 0.547. The van der Waals surface area contributed by atoms with Gasteiger partial charge in [0.1, 0.15) is 0 Å². The van der Waals surface area contributed by atoms with Gasteiger partial charge in [-0.3, -0.25) is 0 Å². The second kappa shape index (κ2) is 3.25. The second-order valence-corrected chi connectivity index (χ2v) is 4.02. The van der Waals surface area contributed by atoms with Gasteiger partial charge in [-0.2, -0.15) is 0 Å². The van der Waals surface area contributed by atoms with Crippen LogP contribution in [0.1, 0.15) is 6.42 Å². The zero-order valence-electron chi connectivity index (χ0n) is 4.54. The maximum Gasteiger partial charge on any atom is 0.0619 e. The third kappa shape index (κ3) is 1.60. The van der Waals surface area contributed by atoms with Crippen molar-refractivity contribution in [2.75, 3.05) is 0 Å². The van der Waals surface area contributed by atoms with E-state index in [0.717, 1.165) is 6.42 Å². The highest BCUT2D eigenvalue weighted by atomic mass is 32.2. The molecule has 0 spiro atoms. The number of allylic oxidation sites excluding steroid dienone is 1. The maximum absolute atomic E-state index is 3.67. The van der Waals surface area contributed by atoms with Crippen molar-refractivity contribution in [3.63, 3.8) is 0 Å². The van der Waals surface area contributed by atoms with Gasteiger partial charge < -0.3 is 0 Å². The minimum Gasteiger partial charge on any atom is -0.119 e. The molecule has 8 heavy (non-hydrogen) atoms. The van der Waals surface area contributed by atoms with Crippen LogP contribution in [0.15, 0.2) is 23.5 Å². The highest BCUT2D eigenvalue weighted by Crippen LogP contribution is 2.35. The predicted molar refractivity (Wildman–Crippen MR) is 42.9 cm³/mol. The molecule has 0 radical (unpaired) electrons. The Balaban J connectivity index is 2.19. The molecule has 0 aromatic heterocycles. The first-order valence-electron chi connectivity index (χ1n) is 2.50. The average molecular weight is 144 g/mol. The molecule has 0 unspecified atom stereocenters. The fourth-order valence-corrected chi connectivity index (χ4v) is 2.52. The summed E-state index contributed by atoms with van der Waals surface area (Å²) in [6.45, 7) is 3.67. The third-order valence-electron chi connectivity index (χ3n) is 0.875. The Hall–Kier alpha value is 0.180. The van der Waals surface area contributed by atoms with Gasteiger partial charge >= 0.3 is 0 Å². The molecule has 0 fully saturated rings. The molecule has 1 rings (SSSR count). The molecule has 44 valence electrons. The first kappa shape index (κ1) is 6.30. The molecule has 0 saturated heterocycles. The third-order valence-corrected chi connectivity index (χ3v) is 3.29. The minimum absolute atomic E-state index is 0.715. The first-order chi connectivity index (χ1) is 3.93. The van der Waals surface area contributed by atoms with Crippen LogP contribution in [0, 0.1) is 0 Å². The van der Waals surface area contributed by atoms with E-state index < -0.39 is 0 Å². The summed E-state index contributed by atoms with van der Waals surface area (Å²) in [6.07, 6.45) is 3.08. The molecule has 0 amide bonds. The summed E-state index contributed by atoms with van der Waals surface area (Å²) in [7, 11) is 0. The van der Waals surface area contributed by atoms with Gasteiger partial charge in [0.2, 0.25) is 0 Å². The molecule has 2 heteroatoms. The SMILES string of the molecule is C=CCC1SC=CS1. The Bertz CT molecular complexity index is 99.1. The molecule has 0 aromatic rings. The molecule has 0 aliphatic carbocycles. The van der Waals surface area contributed by atoms with Gasteiger partial charge in [0.05, 0.1) is 4.58 Å². The largest absolute Gasteiger partial charge is 0.119 e. The number of rotatable bonds is 2. The van der Waals surface area contributed by atoms with E-state index in [1.54, 1.807) is 0 Å². The molecular formula is C6H8S2. The molecule has 1 aliphatic rings. The van der Waals surface area contributed by atoms with Crippen LogP contribution in [0.3, 0.4) is 0 Å². The van der Waals surface area contributed by atoms with Gasteiger partial charge in [0, 0.05) is 0 Å². The summed E-state index contributed by atoms with van der Waals surface area (Å²) >= 11 is 3.76. The molecule has 1 heterocycles. The lowest BCUT2D eigenvalue weighted by atomic mass is 10.5. The lowest BCUT2D eigenvalue weighted by molar-refractivity contribution is 1.20. The van der Waals surface area contributed by atoms with E-state index in [9.17, 15) is 0 Å². The summed E-state index contributed by atoms with van der Waals surface area (Å²) in [5.74, 6) is 0.